The summed E-state index contributed by atoms with van der Waals surface area (Å²) in [6.45, 7) is 4.34. The van der Waals surface area contributed by atoms with E-state index in [4.69, 9.17) is 4.42 Å². The molecule has 2 aromatic carbocycles. The fourth-order valence-electron chi connectivity index (χ4n) is 2.76. The molecular formula is C22H25FN4O2. The first-order valence-electron chi connectivity index (χ1n) is 9.51. The first-order valence-corrected chi connectivity index (χ1v) is 9.51. The summed E-state index contributed by atoms with van der Waals surface area (Å²) in [5, 5.41) is 5.38. The monoisotopic (exact) mass is 396 g/mol. The van der Waals surface area contributed by atoms with Crippen molar-refractivity contribution >= 4 is 17.4 Å². The summed E-state index contributed by atoms with van der Waals surface area (Å²) in [7, 11) is 1.83. The average Bonchev–Trinajstić information content (AvgIpc) is 3.17. The van der Waals surface area contributed by atoms with E-state index in [-0.39, 0.29) is 11.9 Å². The quantitative estimate of drug-likeness (QED) is 0.608. The van der Waals surface area contributed by atoms with E-state index >= 15 is 0 Å². The number of halogens is 1. The van der Waals surface area contributed by atoms with Crippen LogP contribution in [0, 0.1) is 5.82 Å². The molecular weight excluding hydrogens is 371 g/mol. The van der Waals surface area contributed by atoms with Crippen LogP contribution in [-0.2, 0) is 6.42 Å². The number of benzene rings is 2. The van der Waals surface area contributed by atoms with Crippen molar-refractivity contribution in [2.45, 2.75) is 26.3 Å². The molecule has 0 aliphatic rings. The highest BCUT2D eigenvalue weighted by Gasteiger charge is 2.12. The number of hydrogen-bond donors (Lipinski definition) is 2. The number of amides is 2. The Balaban J connectivity index is 1.49. The molecule has 0 saturated carbocycles. The molecule has 0 unspecified atom stereocenters. The van der Waals surface area contributed by atoms with Gasteiger partial charge in [0.05, 0.1) is 11.4 Å². The molecule has 2 amide bonds. The van der Waals surface area contributed by atoms with Crippen LogP contribution in [0.3, 0.4) is 0 Å². The molecule has 0 fully saturated rings. The van der Waals surface area contributed by atoms with E-state index in [1.807, 2.05) is 56.1 Å². The number of nitrogens with one attached hydrogen (secondary N) is 2. The lowest BCUT2D eigenvalue weighted by atomic mass is 10.2. The zero-order valence-electron chi connectivity index (χ0n) is 16.8. The van der Waals surface area contributed by atoms with Crippen molar-refractivity contribution in [3.63, 3.8) is 0 Å². The highest BCUT2D eigenvalue weighted by Crippen LogP contribution is 2.23. The highest BCUT2D eigenvalue weighted by molar-refractivity contribution is 5.89. The van der Waals surface area contributed by atoms with E-state index in [1.165, 1.54) is 6.07 Å². The van der Waals surface area contributed by atoms with Gasteiger partial charge >= 0.3 is 6.03 Å². The zero-order chi connectivity index (χ0) is 20.8. The van der Waals surface area contributed by atoms with Crippen molar-refractivity contribution in [3.05, 3.63) is 66.3 Å². The third-order valence-corrected chi connectivity index (χ3v) is 4.60. The van der Waals surface area contributed by atoms with E-state index in [9.17, 15) is 9.18 Å². The van der Waals surface area contributed by atoms with Crippen molar-refractivity contribution in [3.8, 4) is 11.5 Å². The van der Waals surface area contributed by atoms with Crippen LogP contribution in [0.5, 0.6) is 0 Å². The molecule has 1 heterocycles. The average molecular weight is 396 g/mol. The second-order valence-electron chi connectivity index (χ2n) is 7.01. The molecule has 0 spiro atoms. The van der Waals surface area contributed by atoms with Crippen molar-refractivity contribution in [2.75, 3.05) is 23.8 Å². The molecule has 0 aliphatic heterocycles. The summed E-state index contributed by atoms with van der Waals surface area (Å²) >= 11 is 0. The number of urea groups is 1. The van der Waals surface area contributed by atoms with E-state index < -0.39 is 6.03 Å². The number of rotatable bonds is 7. The SMILES string of the molecule is CC(C)N(C)c1ccc(NC(=O)NCCc2coc(-c3ccccc3)n2)cc1F. The van der Waals surface area contributed by atoms with Gasteiger partial charge in [0.25, 0.3) is 0 Å². The Bertz CT molecular complexity index is 956. The largest absolute Gasteiger partial charge is 0.444 e. The number of oxazole rings is 1. The number of nitrogens with zero attached hydrogens (tertiary/aromatic N) is 2. The van der Waals surface area contributed by atoms with Crippen molar-refractivity contribution in [1.29, 1.82) is 0 Å². The van der Waals surface area contributed by atoms with Crippen LogP contribution in [0.25, 0.3) is 11.5 Å². The van der Waals surface area contributed by atoms with Crippen LogP contribution in [0.2, 0.25) is 0 Å². The van der Waals surface area contributed by atoms with Gasteiger partial charge in [-0.15, -0.1) is 0 Å². The predicted molar refractivity (Wildman–Crippen MR) is 113 cm³/mol. The van der Waals surface area contributed by atoms with Gasteiger partial charge in [0.2, 0.25) is 5.89 Å². The van der Waals surface area contributed by atoms with Gasteiger partial charge < -0.3 is 20.0 Å². The first kappa shape index (κ1) is 20.4. The number of hydrogen-bond acceptors (Lipinski definition) is 4. The third-order valence-electron chi connectivity index (χ3n) is 4.60. The topological polar surface area (TPSA) is 70.4 Å². The molecule has 29 heavy (non-hydrogen) atoms. The third kappa shape index (κ3) is 5.34. The standard InChI is InChI=1S/C22H25FN4O2/c1-15(2)27(3)20-10-9-17(13-19(20)23)26-22(28)24-12-11-18-14-29-21(25-18)16-7-5-4-6-8-16/h4-10,13-15H,11-12H2,1-3H3,(H2,24,26,28). The normalized spacial score (nSPS) is 10.8. The van der Waals surface area contributed by atoms with E-state index in [0.29, 0.717) is 30.2 Å². The summed E-state index contributed by atoms with van der Waals surface area (Å²) in [5.74, 6) is 0.169. The molecule has 6 nitrogen and oxygen atoms in total. The van der Waals surface area contributed by atoms with Crippen LogP contribution in [0.15, 0.2) is 59.2 Å². The van der Waals surface area contributed by atoms with E-state index in [0.717, 1.165) is 11.3 Å². The predicted octanol–water partition coefficient (Wildman–Crippen LogP) is 4.69. The smallest absolute Gasteiger partial charge is 0.319 e. The van der Waals surface area contributed by atoms with Crippen LogP contribution in [0.1, 0.15) is 19.5 Å². The van der Waals surface area contributed by atoms with Gasteiger partial charge in [-0.05, 0) is 44.2 Å². The number of carbonyl (C=O) groups is 1. The van der Waals surface area contributed by atoms with Gasteiger partial charge in [0.15, 0.2) is 0 Å². The minimum atomic E-state index is -0.402. The van der Waals surface area contributed by atoms with Crippen molar-refractivity contribution in [2.24, 2.45) is 0 Å². The zero-order valence-corrected chi connectivity index (χ0v) is 16.8. The maximum atomic E-state index is 14.3. The Morgan fingerprint density at radius 3 is 2.66 bits per heavy atom. The molecule has 0 aliphatic carbocycles. The fraction of sp³-hybridized carbons (Fsp3) is 0.273. The van der Waals surface area contributed by atoms with Gasteiger partial charge in [0, 0.05) is 37.3 Å². The Hall–Kier alpha value is -3.35. The molecule has 0 bridgehead atoms. The minimum absolute atomic E-state index is 0.172. The maximum absolute atomic E-state index is 14.3. The lowest BCUT2D eigenvalue weighted by Gasteiger charge is -2.24. The second-order valence-corrected chi connectivity index (χ2v) is 7.01. The number of anilines is 2. The van der Waals surface area contributed by atoms with Crippen molar-refractivity contribution in [1.82, 2.24) is 10.3 Å². The van der Waals surface area contributed by atoms with Crippen LogP contribution >= 0.6 is 0 Å². The number of aromatic nitrogens is 1. The molecule has 2 N–H and O–H groups in total. The summed E-state index contributed by atoms with van der Waals surface area (Å²) in [6, 6.07) is 14.0. The fourth-order valence-corrected chi connectivity index (χ4v) is 2.76. The minimum Gasteiger partial charge on any atom is -0.444 e. The second kappa shape index (κ2) is 9.23. The maximum Gasteiger partial charge on any atom is 0.319 e. The molecule has 7 heteroatoms. The highest BCUT2D eigenvalue weighted by atomic mass is 19.1. The number of carbonyl (C=O) groups excluding carboxylic acids is 1. The Kier molecular flexibility index (Phi) is 6.49. The molecule has 3 rings (SSSR count). The molecule has 1 aromatic heterocycles. The summed E-state index contributed by atoms with van der Waals surface area (Å²) < 4.78 is 19.8. The van der Waals surface area contributed by atoms with Gasteiger partial charge in [-0.1, -0.05) is 18.2 Å². The Morgan fingerprint density at radius 1 is 1.21 bits per heavy atom. The molecule has 152 valence electrons. The van der Waals surface area contributed by atoms with Gasteiger partial charge in [-0.2, -0.15) is 0 Å². The summed E-state index contributed by atoms with van der Waals surface area (Å²) in [5.41, 5.74) is 2.54. The van der Waals surface area contributed by atoms with Gasteiger partial charge in [-0.25, -0.2) is 14.2 Å². The Labute approximate surface area is 169 Å². The van der Waals surface area contributed by atoms with E-state index in [1.54, 1.807) is 18.4 Å². The molecule has 0 atom stereocenters. The Morgan fingerprint density at radius 2 is 1.97 bits per heavy atom. The summed E-state index contributed by atoms with van der Waals surface area (Å²) in [6.07, 6.45) is 2.11. The summed E-state index contributed by atoms with van der Waals surface area (Å²) in [4.78, 5) is 18.3. The van der Waals surface area contributed by atoms with Crippen LogP contribution in [-0.4, -0.2) is 30.6 Å². The van der Waals surface area contributed by atoms with Crippen LogP contribution in [0.4, 0.5) is 20.6 Å². The van der Waals surface area contributed by atoms with Gasteiger partial charge in [-0.3, -0.25) is 0 Å². The lowest BCUT2D eigenvalue weighted by molar-refractivity contribution is 0.252. The lowest BCUT2D eigenvalue weighted by Crippen LogP contribution is -2.30. The first-order chi connectivity index (χ1) is 13.9. The van der Waals surface area contributed by atoms with Crippen LogP contribution < -0.4 is 15.5 Å². The molecule has 0 saturated heterocycles. The molecule has 3 aromatic rings. The van der Waals surface area contributed by atoms with Gasteiger partial charge in [0.1, 0.15) is 12.1 Å². The van der Waals surface area contributed by atoms with E-state index in [2.05, 4.69) is 15.6 Å². The van der Waals surface area contributed by atoms with Crippen molar-refractivity contribution < 1.29 is 13.6 Å². The molecule has 0 radical (unpaired) electrons.